The van der Waals surface area contributed by atoms with Crippen molar-refractivity contribution in [3.05, 3.63) is 21.3 Å². The topological polar surface area (TPSA) is 68.3 Å². The number of esters is 1. The summed E-state index contributed by atoms with van der Waals surface area (Å²) >= 11 is 1.10. The van der Waals surface area contributed by atoms with E-state index in [2.05, 4.69) is 15.0 Å². The Hall–Kier alpha value is -1.43. The standard InChI is InChI=1S/C8H10N2O3S/c1-3-9-8-10-6(11)4-5(14-8)7(12)13-2/h4H,3H2,1-2H3,(H,9,10,11). The van der Waals surface area contributed by atoms with Crippen LogP contribution in [0.3, 0.4) is 0 Å². The number of aromatic nitrogens is 1. The van der Waals surface area contributed by atoms with Crippen molar-refractivity contribution in [2.45, 2.75) is 6.92 Å². The lowest BCUT2D eigenvalue weighted by Gasteiger charge is -2.01. The molecule has 1 aromatic rings. The predicted octanol–water partition coefficient (Wildman–Crippen LogP) is 0.722. The molecule has 0 amide bonds. The second-order valence-corrected chi connectivity index (χ2v) is 3.42. The van der Waals surface area contributed by atoms with Gasteiger partial charge in [0.1, 0.15) is 4.88 Å². The SMILES string of the molecule is CCNc1nc(=O)cc(C(=O)OC)s1. The Morgan fingerprint density at radius 2 is 2.43 bits per heavy atom. The van der Waals surface area contributed by atoms with E-state index >= 15 is 0 Å². The van der Waals surface area contributed by atoms with Crippen LogP contribution in [0.15, 0.2) is 10.9 Å². The minimum atomic E-state index is -0.520. The molecule has 0 saturated heterocycles. The summed E-state index contributed by atoms with van der Waals surface area (Å²) < 4.78 is 4.50. The summed E-state index contributed by atoms with van der Waals surface area (Å²) in [5.41, 5.74) is -0.444. The van der Waals surface area contributed by atoms with Gasteiger partial charge in [-0.05, 0) is 6.92 Å². The molecule has 5 nitrogen and oxygen atoms in total. The number of nitrogens with one attached hydrogen (secondary N) is 1. The van der Waals surface area contributed by atoms with Crippen molar-refractivity contribution in [2.75, 3.05) is 19.0 Å². The molecule has 0 aliphatic carbocycles. The van der Waals surface area contributed by atoms with Gasteiger partial charge in [-0.3, -0.25) is 4.79 Å². The fraction of sp³-hybridized carbons (Fsp3) is 0.375. The fourth-order valence-corrected chi connectivity index (χ4v) is 1.72. The average molecular weight is 214 g/mol. The van der Waals surface area contributed by atoms with Gasteiger partial charge in [0, 0.05) is 12.6 Å². The number of anilines is 1. The maximum Gasteiger partial charge on any atom is 0.348 e. The first-order valence-electron chi connectivity index (χ1n) is 4.01. The molecule has 0 aromatic carbocycles. The largest absolute Gasteiger partial charge is 0.465 e. The zero-order valence-corrected chi connectivity index (χ0v) is 8.68. The van der Waals surface area contributed by atoms with Crippen LogP contribution in [-0.4, -0.2) is 24.6 Å². The van der Waals surface area contributed by atoms with Gasteiger partial charge in [0.15, 0.2) is 5.13 Å². The first kappa shape index (κ1) is 10.6. The predicted molar refractivity (Wildman–Crippen MR) is 53.9 cm³/mol. The van der Waals surface area contributed by atoms with E-state index in [1.807, 2.05) is 6.92 Å². The highest BCUT2D eigenvalue weighted by atomic mass is 32.1. The van der Waals surface area contributed by atoms with E-state index in [-0.39, 0.29) is 4.88 Å². The van der Waals surface area contributed by atoms with Crippen molar-refractivity contribution in [1.29, 1.82) is 0 Å². The van der Waals surface area contributed by atoms with E-state index in [9.17, 15) is 9.59 Å². The van der Waals surface area contributed by atoms with Crippen molar-refractivity contribution in [2.24, 2.45) is 0 Å². The molecule has 1 N–H and O–H groups in total. The summed E-state index contributed by atoms with van der Waals surface area (Å²) in [6.45, 7) is 2.53. The van der Waals surface area contributed by atoms with Crippen LogP contribution in [-0.2, 0) is 4.74 Å². The van der Waals surface area contributed by atoms with Crippen molar-refractivity contribution in [1.82, 2.24) is 4.98 Å². The first-order chi connectivity index (χ1) is 6.67. The first-order valence-corrected chi connectivity index (χ1v) is 4.83. The Morgan fingerprint density at radius 1 is 1.71 bits per heavy atom. The molecular formula is C8H10N2O3S. The summed E-state index contributed by atoms with van der Waals surface area (Å²) in [6, 6.07) is 1.16. The Kier molecular flexibility index (Phi) is 3.58. The van der Waals surface area contributed by atoms with E-state index in [4.69, 9.17) is 0 Å². The van der Waals surface area contributed by atoms with E-state index in [1.54, 1.807) is 0 Å². The highest BCUT2D eigenvalue weighted by molar-refractivity contribution is 7.17. The third-order valence-electron chi connectivity index (χ3n) is 1.39. The third kappa shape index (κ3) is 2.53. The maximum atomic E-state index is 11.1. The molecule has 0 saturated carbocycles. The van der Waals surface area contributed by atoms with Crippen molar-refractivity contribution in [3.63, 3.8) is 0 Å². The Balaban J connectivity index is 3.07. The molecular weight excluding hydrogens is 204 g/mol. The van der Waals surface area contributed by atoms with Crippen LogP contribution in [0.25, 0.3) is 0 Å². The van der Waals surface area contributed by atoms with E-state index in [0.29, 0.717) is 11.7 Å². The van der Waals surface area contributed by atoms with Crippen LogP contribution in [0.1, 0.15) is 16.6 Å². The molecule has 1 rings (SSSR count). The van der Waals surface area contributed by atoms with Crippen molar-refractivity contribution < 1.29 is 9.53 Å². The number of nitrogens with zero attached hydrogens (tertiary/aromatic N) is 1. The average Bonchev–Trinajstić information content (AvgIpc) is 2.16. The normalized spacial score (nSPS) is 9.57. The van der Waals surface area contributed by atoms with Crippen LogP contribution in [0.2, 0.25) is 0 Å². The number of ether oxygens (including phenoxy) is 1. The van der Waals surface area contributed by atoms with Crippen LogP contribution in [0, 0.1) is 0 Å². The molecule has 1 heterocycles. The third-order valence-corrected chi connectivity index (χ3v) is 2.32. The minimum Gasteiger partial charge on any atom is -0.465 e. The van der Waals surface area contributed by atoms with Gasteiger partial charge in [0.2, 0.25) is 0 Å². The minimum absolute atomic E-state index is 0.253. The van der Waals surface area contributed by atoms with Gasteiger partial charge in [-0.1, -0.05) is 11.3 Å². The molecule has 0 aliphatic rings. The number of hydrogen-bond acceptors (Lipinski definition) is 6. The maximum absolute atomic E-state index is 11.1. The molecule has 0 fully saturated rings. The molecule has 0 spiro atoms. The summed E-state index contributed by atoms with van der Waals surface area (Å²) in [5.74, 6) is -0.520. The lowest BCUT2D eigenvalue weighted by atomic mass is 10.5. The molecule has 0 aliphatic heterocycles. The highest BCUT2D eigenvalue weighted by Gasteiger charge is 2.09. The molecule has 0 atom stereocenters. The van der Waals surface area contributed by atoms with Crippen LogP contribution < -0.4 is 10.9 Å². The summed E-state index contributed by atoms with van der Waals surface area (Å²) in [4.78, 5) is 26.1. The molecule has 0 unspecified atom stereocenters. The van der Waals surface area contributed by atoms with Crippen LogP contribution in [0.4, 0.5) is 5.13 Å². The van der Waals surface area contributed by atoms with Gasteiger partial charge >= 0.3 is 5.97 Å². The number of rotatable bonds is 3. The second-order valence-electron chi connectivity index (χ2n) is 2.39. The Bertz CT molecular complexity index is 388. The molecule has 1 aromatic heterocycles. The van der Waals surface area contributed by atoms with E-state index in [0.717, 1.165) is 17.4 Å². The van der Waals surface area contributed by atoms with Gasteiger partial charge in [-0.25, -0.2) is 4.79 Å². The van der Waals surface area contributed by atoms with Crippen LogP contribution in [0.5, 0.6) is 0 Å². The van der Waals surface area contributed by atoms with Gasteiger partial charge in [0.25, 0.3) is 5.56 Å². The number of carbonyl (C=O) groups is 1. The quantitative estimate of drug-likeness (QED) is 0.751. The van der Waals surface area contributed by atoms with Gasteiger partial charge < -0.3 is 10.1 Å². The Labute approximate surface area is 84.7 Å². The number of hydrogen-bond donors (Lipinski definition) is 1. The van der Waals surface area contributed by atoms with E-state index in [1.165, 1.54) is 7.11 Å². The monoisotopic (exact) mass is 214 g/mol. The lowest BCUT2D eigenvalue weighted by Crippen LogP contribution is -2.12. The van der Waals surface area contributed by atoms with Crippen molar-refractivity contribution >= 4 is 22.4 Å². The molecule has 0 bridgehead atoms. The summed E-state index contributed by atoms with van der Waals surface area (Å²) in [7, 11) is 1.27. The number of methoxy groups -OCH3 is 1. The molecule has 6 heteroatoms. The zero-order chi connectivity index (χ0) is 10.6. The van der Waals surface area contributed by atoms with Crippen LogP contribution >= 0.6 is 11.3 Å². The molecule has 14 heavy (non-hydrogen) atoms. The fourth-order valence-electron chi connectivity index (χ4n) is 0.829. The zero-order valence-electron chi connectivity index (χ0n) is 7.86. The van der Waals surface area contributed by atoms with Crippen molar-refractivity contribution in [3.8, 4) is 0 Å². The summed E-state index contributed by atoms with van der Waals surface area (Å²) in [5, 5.41) is 3.30. The summed E-state index contributed by atoms with van der Waals surface area (Å²) in [6.07, 6.45) is 0. The molecule has 0 radical (unpaired) electrons. The van der Waals surface area contributed by atoms with Gasteiger partial charge in [-0.2, -0.15) is 4.98 Å². The number of carbonyl (C=O) groups excluding carboxylic acids is 1. The highest BCUT2D eigenvalue weighted by Crippen LogP contribution is 2.14. The molecule has 76 valence electrons. The van der Waals surface area contributed by atoms with Gasteiger partial charge in [-0.15, -0.1) is 0 Å². The lowest BCUT2D eigenvalue weighted by molar-refractivity contribution is 0.0606. The second kappa shape index (κ2) is 4.71. The van der Waals surface area contributed by atoms with Gasteiger partial charge in [0.05, 0.1) is 7.11 Å². The Morgan fingerprint density at radius 3 is 3.00 bits per heavy atom. The van der Waals surface area contributed by atoms with E-state index < -0.39 is 11.5 Å². The smallest absolute Gasteiger partial charge is 0.348 e.